The van der Waals surface area contributed by atoms with E-state index in [1.54, 1.807) is 6.07 Å². The number of benzene rings is 1. The van der Waals surface area contributed by atoms with Crippen LogP contribution in [0.1, 0.15) is 5.56 Å². The molecule has 0 fully saturated rings. The number of alkyl halides is 3. The highest BCUT2D eigenvalue weighted by molar-refractivity contribution is 6.00. The van der Waals surface area contributed by atoms with E-state index in [-0.39, 0.29) is 17.1 Å². The molecule has 4 nitrogen and oxygen atoms in total. The molecule has 100 valence electrons. The minimum Gasteiger partial charge on any atom is -0.497 e. The third kappa shape index (κ3) is 3.54. The Kier molecular flexibility index (Phi) is 4.05. The van der Waals surface area contributed by atoms with Crippen molar-refractivity contribution in [2.24, 2.45) is 5.73 Å². The summed E-state index contributed by atoms with van der Waals surface area (Å²) in [5.74, 6) is 0.116. The lowest BCUT2D eigenvalue weighted by Crippen LogP contribution is -2.32. The molecule has 0 amide bonds. The van der Waals surface area contributed by atoms with Gasteiger partial charge in [0.2, 0.25) is 0 Å². The van der Waals surface area contributed by atoms with Crippen LogP contribution in [-0.4, -0.2) is 32.7 Å². The third-order valence-electron chi connectivity index (χ3n) is 2.32. The van der Waals surface area contributed by atoms with E-state index in [1.165, 1.54) is 26.3 Å². The molecule has 3 N–H and O–H groups in total. The van der Waals surface area contributed by atoms with Gasteiger partial charge in [0.25, 0.3) is 0 Å². The minimum atomic E-state index is -4.33. The first-order valence-corrected chi connectivity index (χ1v) is 5.05. The van der Waals surface area contributed by atoms with Crippen molar-refractivity contribution in [3.63, 3.8) is 0 Å². The van der Waals surface area contributed by atoms with Gasteiger partial charge >= 0.3 is 6.18 Å². The molecule has 0 spiro atoms. The normalized spacial score (nSPS) is 11.2. The van der Waals surface area contributed by atoms with E-state index in [2.05, 4.69) is 0 Å². The van der Waals surface area contributed by atoms with Gasteiger partial charge in [-0.15, -0.1) is 0 Å². The maximum absolute atomic E-state index is 12.3. The van der Waals surface area contributed by atoms with Crippen LogP contribution in [0.25, 0.3) is 0 Å². The number of ether oxygens (including phenoxy) is 1. The second-order valence-corrected chi connectivity index (χ2v) is 3.77. The second kappa shape index (κ2) is 5.16. The summed E-state index contributed by atoms with van der Waals surface area (Å²) >= 11 is 0. The summed E-state index contributed by atoms with van der Waals surface area (Å²) in [5, 5.41) is 7.36. The molecule has 0 heterocycles. The Morgan fingerprint density at radius 1 is 1.44 bits per heavy atom. The molecule has 1 rings (SSSR count). The largest absolute Gasteiger partial charge is 0.497 e. The number of methoxy groups -OCH3 is 1. The highest BCUT2D eigenvalue weighted by Crippen LogP contribution is 2.27. The van der Waals surface area contributed by atoms with Gasteiger partial charge in [-0.25, -0.2) is 0 Å². The molecule has 0 aromatic heterocycles. The molecule has 18 heavy (non-hydrogen) atoms. The number of halogens is 3. The number of nitrogen functional groups attached to an aromatic ring is 1. The van der Waals surface area contributed by atoms with E-state index in [0.29, 0.717) is 5.75 Å². The number of hydrogen-bond acceptors (Lipinski definition) is 3. The van der Waals surface area contributed by atoms with Gasteiger partial charge in [-0.3, -0.25) is 5.41 Å². The summed E-state index contributed by atoms with van der Waals surface area (Å²) in [6, 6.07) is 4.42. The smallest absolute Gasteiger partial charge is 0.405 e. The van der Waals surface area contributed by atoms with Crippen molar-refractivity contribution in [3.8, 4) is 5.75 Å². The van der Waals surface area contributed by atoms with Crippen molar-refractivity contribution in [3.05, 3.63) is 23.8 Å². The van der Waals surface area contributed by atoms with Gasteiger partial charge in [0, 0.05) is 18.7 Å². The molecule has 0 atom stereocenters. The van der Waals surface area contributed by atoms with Crippen molar-refractivity contribution < 1.29 is 17.9 Å². The summed E-state index contributed by atoms with van der Waals surface area (Å²) in [6.07, 6.45) is -4.33. The molecule has 7 heteroatoms. The average Bonchev–Trinajstić information content (AvgIpc) is 2.25. The molecule has 0 unspecified atom stereocenters. The summed E-state index contributed by atoms with van der Waals surface area (Å²) in [6.45, 7) is -1.12. The highest BCUT2D eigenvalue weighted by atomic mass is 19.4. The van der Waals surface area contributed by atoms with E-state index in [4.69, 9.17) is 15.9 Å². The molecule has 1 aromatic carbocycles. The van der Waals surface area contributed by atoms with Crippen LogP contribution in [0.4, 0.5) is 18.9 Å². The Morgan fingerprint density at radius 2 is 2.06 bits per heavy atom. The maximum Gasteiger partial charge on any atom is 0.405 e. The number of nitrogens with two attached hydrogens (primary N) is 1. The summed E-state index contributed by atoms with van der Waals surface area (Å²) in [5.41, 5.74) is 5.79. The molecular formula is C11H14F3N3O. The van der Waals surface area contributed by atoms with Crippen LogP contribution in [0.5, 0.6) is 5.75 Å². The number of anilines is 1. The first kappa shape index (κ1) is 14.1. The maximum atomic E-state index is 12.3. The quantitative estimate of drug-likeness (QED) is 0.643. The van der Waals surface area contributed by atoms with Crippen LogP contribution in [0, 0.1) is 5.41 Å². The lowest BCUT2D eigenvalue weighted by atomic mass is 10.1. The third-order valence-corrected chi connectivity index (χ3v) is 2.32. The molecule has 0 aliphatic heterocycles. The van der Waals surface area contributed by atoms with Crippen LogP contribution < -0.4 is 15.4 Å². The standard InChI is InChI=1S/C11H14F3N3O/c1-17(6-11(12,13)14)9-5-7(18-2)3-4-8(9)10(15)16/h3-5H,6H2,1-2H3,(H3,15,16). The van der Waals surface area contributed by atoms with Crippen molar-refractivity contribution in [2.45, 2.75) is 6.18 Å². The number of amidine groups is 1. The van der Waals surface area contributed by atoms with E-state index in [1.807, 2.05) is 0 Å². The van der Waals surface area contributed by atoms with Gasteiger partial charge in [-0.2, -0.15) is 13.2 Å². The van der Waals surface area contributed by atoms with Crippen LogP contribution in [0.3, 0.4) is 0 Å². The Bertz CT molecular complexity index is 446. The Balaban J connectivity index is 3.14. The van der Waals surface area contributed by atoms with Crippen molar-refractivity contribution in [1.29, 1.82) is 5.41 Å². The lowest BCUT2D eigenvalue weighted by molar-refractivity contribution is -0.119. The fourth-order valence-corrected chi connectivity index (χ4v) is 1.54. The molecule has 1 aromatic rings. The Labute approximate surface area is 103 Å². The average molecular weight is 261 g/mol. The van der Waals surface area contributed by atoms with Crippen molar-refractivity contribution in [1.82, 2.24) is 0 Å². The molecule has 0 aliphatic rings. The number of rotatable bonds is 4. The van der Waals surface area contributed by atoms with Crippen LogP contribution >= 0.6 is 0 Å². The zero-order chi connectivity index (χ0) is 13.9. The Hall–Kier alpha value is -1.92. The van der Waals surface area contributed by atoms with Gasteiger partial charge in [-0.05, 0) is 12.1 Å². The molecule has 0 saturated heterocycles. The number of nitrogens with one attached hydrogen (secondary N) is 1. The fourth-order valence-electron chi connectivity index (χ4n) is 1.54. The second-order valence-electron chi connectivity index (χ2n) is 3.77. The van der Waals surface area contributed by atoms with Gasteiger partial charge in [0.05, 0.1) is 12.8 Å². The van der Waals surface area contributed by atoms with Crippen molar-refractivity contribution >= 4 is 11.5 Å². The first-order valence-electron chi connectivity index (χ1n) is 5.05. The lowest BCUT2D eigenvalue weighted by Gasteiger charge is -2.23. The summed E-state index contributed by atoms with van der Waals surface area (Å²) in [4.78, 5) is 0.985. The van der Waals surface area contributed by atoms with Gasteiger partial charge in [0.1, 0.15) is 18.1 Å². The van der Waals surface area contributed by atoms with E-state index in [9.17, 15) is 13.2 Å². The number of nitrogens with zero attached hydrogens (tertiary/aromatic N) is 1. The number of hydrogen-bond donors (Lipinski definition) is 2. The predicted molar refractivity (Wildman–Crippen MR) is 63.3 cm³/mol. The van der Waals surface area contributed by atoms with Crippen molar-refractivity contribution in [2.75, 3.05) is 25.6 Å². The highest BCUT2D eigenvalue weighted by Gasteiger charge is 2.30. The summed E-state index contributed by atoms with van der Waals surface area (Å²) in [7, 11) is 2.70. The zero-order valence-electron chi connectivity index (χ0n) is 10.0. The van der Waals surface area contributed by atoms with Crippen LogP contribution in [0.15, 0.2) is 18.2 Å². The van der Waals surface area contributed by atoms with Crippen LogP contribution in [-0.2, 0) is 0 Å². The zero-order valence-corrected chi connectivity index (χ0v) is 10.0. The fraction of sp³-hybridized carbons (Fsp3) is 0.364. The minimum absolute atomic E-state index is 0.208. The molecular weight excluding hydrogens is 247 g/mol. The molecule has 0 bridgehead atoms. The monoisotopic (exact) mass is 261 g/mol. The van der Waals surface area contributed by atoms with Gasteiger partial charge in [-0.1, -0.05) is 0 Å². The summed E-state index contributed by atoms with van der Waals surface area (Å²) < 4.78 is 42.0. The van der Waals surface area contributed by atoms with E-state index < -0.39 is 12.7 Å². The molecule has 0 radical (unpaired) electrons. The molecule has 0 aliphatic carbocycles. The molecule has 0 saturated carbocycles. The predicted octanol–water partition coefficient (Wildman–Crippen LogP) is 1.98. The topological polar surface area (TPSA) is 62.3 Å². The first-order chi connectivity index (χ1) is 8.24. The van der Waals surface area contributed by atoms with Gasteiger partial charge in [0.15, 0.2) is 0 Å². The SMILES string of the molecule is COc1ccc(C(=N)N)c(N(C)CC(F)(F)F)c1. The Morgan fingerprint density at radius 3 is 2.50 bits per heavy atom. The van der Waals surface area contributed by atoms with Gasteiger partial charge < -0.3 is 15.4 Å². The van der Waals surface area contributed by atoms with E-state index >= 15 is 0 Å². The van der Waals surface area contributed by atoms with Crippen LogP contribution in [0.2, 0.25) is 0 Å². The van der Waals surface area contributed by atoms with E-state index in [0.717, 1.165) is 4.90 Å².